The van der Waals surface area contributed by atoms with Gasteiger partial charge in [0.2, 0.25) is 21.8 Å². The molecule has 0 aliphatic rings. The first-order chi connectivity index (χ1) is 14.1. The molecule has 1 unspecified atom stereocenters. The summed E-state index contributed by atoms with van der Waals surface area (Å²) in [5.41, 5.74) is 0.500. The summed E-state index contributed by atoms with van der Waals surface area (Å²) in [6, 6.07) is 11.5. The molecule has 162 valence electrons. The van der Waals surface area contributed by atoms with Crippen molar-refractivity contribution in [2.24, 2.45) is 0 Å². The Morgan fingerprint density at radius 3 is 2.30 bits per heavy atom. The summed E-state index contributed by atoms with van der Waals surface area (Å²) in [7, 11) is -2.40. The van der Waals surface area contributed by atoms with Crippen LogP contribution in [0.2, 0.25) is 0 Å². The molecule has 0 radical (unpaired) electrons. The normalized spacial score (nSPS) is 12.2. The fourth-order valence-corrected chi connectivity index (χ4v) is 4.33. The summed E-state index contributed by atoms with van der Waals surface area (Å²) in [5, 5.41) is 2.46. The third kappa shape index (κ3) is 5.79. The van der Waals surface area contributed by atoms with Gasteiger partial charge in [-0.15, -0.1) is 0 Å². The molecule has 30 heavy (non-hydrogen) atoms. The molecule has 0 saturated carbocycles. The molecule has 0 aliphatic carbocycles. The molecule has 0 saturated heterocycles. The number of nitrogens with one attached hydrogen (secondary N) is 1. The number of halogens is 2. The van der Waals surface area contributed by atoms with Crippen molar-refractivity contribution in [2.45, 2.75) is 19.5 Å². The fraction of sp³-hybridized carbons (Fsp3) is 0.300. The smallest absolute Gasteiger partial charge is 0.244 e. The Hall–Kier alpha value is -2.46. The second-order valence-corrected chi connectivity index (χ2v) is 9.39. The van der Waals surface area contributed by atoms with Gasteiger partial charge in [0.05, 0.1) is 11.9 Å². The number of nitrogens with zero attached hydrogens (tertiary/aromatic N) is 2. The topological polar surface area (TPSA) is 86.8 Å². The molecule has 0 heterocycles. The molecule has 2 amide bonds. The molecule has 10 heteroatoms. The highest BCUT2D eigenvalue weighted by molar-refractivity contribution is 9.10. The van der Waals surface area contributed by atoms with E-state index in [1.54, 1.807) is 30.3 Å². The van der Waals surface area contributed by atoms with E-state index in [0.717, 1.165) is 15.5 Å². The molecular weight excluding hydrogens is 477 g/mol. The largest absolute Gasteiger partial charge is 0.357 e. The lowest BCUT2D eigenvalue weighted by Gasteiger charge is -2.31. The number of carbonyl (C=O) groups is 2. The Morgan fingerprint density at radius 2 is 1.73 bits per heavy atom. The van der Waals surface area contributed by atoms with Crippen LogP contribution in [0.25, 0.3) is 0 Å². The van der Waals surface area contributed by atoms with Crippen LogP contribution in [0, 0.1) is 5.82 Å². The van der Waals surface area contributed by atoms with Gasteiger partial charge in [-0.3, -0.25) is 13.9 Å². The van der Waals surface area contributed by atoms with Crippen molar-refractivity contribution in [1.82, 2.24) is 10.2 Å². The number of carbonyl (C=O) groups excluding carboxylic acids is 2. The van der Waals surface area contributed by atoms with Gasteiger partial charge in [0.15, 0.2) is 0 Å². The van der Waals surface area contributed by atoms with Crippen molar-refractivity contribution >= 4 is 43.5 Å². The first-order valence-corrected chi connectivity index (χ1v) is 11.7. The van der Waals surface area contributed by atoms with E-state index in [2.05, 4.69) is 21.2 Å². The van der Waals surface area contributed by atoms with Gasteiger partial charge in [0, 0.05) is 23.6 Å². The van der Waals surface area contributed by atoms with Gasteiger partial charge in [-0.25, -0.2) is 12.8 Å². The van der Waals surface area contributed by atoms with Crippen molar-refractivity contribution in [3.8, 4) is 0 Å². The highest BCUT2D eigenvalue weighted by atomic mass is 79.9. The van der Waals surface area contributed by atoms with Crippen LogP contribution in [0.3, 0.4) is 0 Å². The summed E-state index contributed by atoms with van der Waals surface area (Å²) in [4.78, 5) is 26.5. The van der Waals surface area contributed by atoms with Gasteiger partial charge in [0.25, 0.3) is 0 Å². The number of likely N-dealkylation sites (N-methyl/N-ethyl adjacent to an activating group) is 1. The number of rotatable bonds is 8. The van der Waals surface area contributed by atoms with Crippen molar-refractivity contribution in [2.75, 3.05) is 24.2 Å². The summed E-state index contributed by atoms with van der Waals surface area (Å²) in [6.07, 6.45) is 0.989. The van der Waals surface area contributed by atoms with E-state index < -0.39 is 40.2 Å². The van der Waals surface area contributed by atoms with E-state index in [4.69, 9.17) is 0 Å². The van der Waals surface area contributed by atoms with Gasteiger partial charge in [-0.2, -0.15) is 0 Å². The molecule has 1 N–H and O–H groups in total. The van der Waals surface area contributed by atoms with E-state index in [0.29, 0.717) is 4.47 Å². The van der Waals surface area contributed by atoms with Crippen LogP contribution in [0.5, 0.6) is 0 Å². The highest BCUT2D eigenvalue weighted by Crippen LogP contribution is 2.28. The molecule has 2 aromatic carbocycles. The molecule has 1 atom stereocenters. The van der Waals surface area contributed by atoms with E-state index in [1.165, 1.54) is 32.2 Å². The summed E-state index contributed by atoms with van der Waals surface area (Å²) in [6.45, 7) is 0.770. The number of sulfonamides is 1. The maximum atomic E-state index is 14.2. The lowest BCUT2D eigenvalue weighted by atomic mass is 10.1. The fourth-order valence-electron chi connectivity index (χ4n) is 2.85. The Kier molecular flexibility index (Phi) is 7.96. The minimum absolute atomic E-state index is 0.187. The van der Waals surface area contributed by atoms with Crippen LogP contribution in [-0.4, -0.2) is 51.0 Å². The number of benzene rings is 2. The van der Waals surface area contributed by atoms with E-state index >= 15 is 0 Å². The Bertz CT molecular complexity index is 1030. The highest BCUT2D eigenvalue weighted by Gasteiger charge is 2.30. The molecule has 0 fully saturated rings. The molecule has 0 bridgehead atoms. The van der Waals surface area contributed by atoms with Crippen LogP contribution in [0.1, 0.15) is 12.5 Å². The number of para-hydroxylation sites is 1. The second-order valence-electron chi connectivity index (χ2n) is 6.62. The molecule has 0 spiro atoms. The van der Waals surface area contributed by atoms with Gasteiger partial charge in [-0.05, 0) is 41.1 Å². The van der Waals surface area contributed by atoms with Crippen LogP contribution in [-0.2, 0) is 26.2 Å². The zero-order chi connectivity index (χ0) is 22.5. The maximum absolute atomic E-state index is 14.2. The van der Waals surface area contributed by atoms with E-state index in [1.807, 2.05) is 0 Å². The van der Waals surface area contributed by atoms with E-state index in [-0.39, 0.29) is 17.8 Å². The van der Waals surface area contributed by atoms with Gasteiger partial charge < -0.3 is 10.2 Å². The van der Waals surface area contributed by atoms with Crippen molar-refractivity contribution in [3.63, 3.8) is 0 Å². The van der Waals surface area contributed by atoms with Gasteiger partial charge >= 0.3 is 0 Å². The number of amides is 2. The standard InChI is InChI=1S/C20H23BrFN3O4S/c1-14(20(27)23-2)24(12-15-8-4-6-10-17(15)22)19(26)13-25(30(3,28)29)18-11-7-5-9-16(18)21/h4-11,14H,12-13H2,1-3H3,(H,23,27). The molecule has 0 aliphatic heterocycles. The second kappa shape index (κ2) is 10.0. The molecule has 2 aromatic rings. The quantitative estimate of drug-likeness (QED) is 0.604. The third-order valence-corrected chi connectivity index (χ3v) is 6.31. The SMILES string of the molecule is CNC(=O)C(C)N(Cc1ccccc1F)C(=O)CN(c1ccccc1Br)S(C)(=O)=O. The molecule has 7 nitrogen and oxygen atoms in total. The first-order valence-electron chi connectivity index (χ1n) is 9.03. The monoisotopic (exact) mass is 499 g/mol. The van der Waals surface area contributed by atoms with Crippen molar-refractivity contribution in [3.05, 3.63) is 64.4 Å². The van der Waals surface area contributed by atoms with Crippen molar-refractivity contribution in [1.29, 1.82) is 0 Å². The Labute approximate surface area is 184 Å². The minimum atomic E-state index is -3.82. The molecule has 0 aromatic heterocycles. The summed E-state index contributed by atoms with van der Waals surface area (Å²) in [5.74, 6) is -1.62. The minimum Gasteiger partial charge on any atom is -0.357 e. The van der Waals surface area contributed by atoms with Gasteiger partial charge in [-0.1, -0.05) is 30.3 Å². The zero-order valence-corrected chi connectivity index (χ0v) is 19.2. The number of hydrogen-bond acceptors (Lipinski definition) is 4. The average molecular weight is 500 g/mol. The summed E-state index contributed by atoms with van der Waals surface area (Å²) < 4.78 is 40.4. The predicted octanol–water partition coefficient (Wildman–Crippen LogP) is 2.52. The summed E-state index contributed by atoms with van der Waals surface area (Å²) >= 11 is 3.30. The molecule has 2 rings (SSSR count). The van der Waals surface area contributed by atoms with Crippen LogP contribution in [0.4, 0.5) is 10.1 Å². The van der Waals surface area contributed by atoms with Crippen molar-refractivity contribution < 1.29 is 22.4 Å². The average Bonchev–Trinajstić information content (AvgIpc) is 2.70. The predicted molar refractivity (Wildman–Crippen MR) is 117 cm³/mol. The Morgan fingerprint density at radius 1 is 1.13 bits per heavy atom. The Balaban J connectivity index is 2.41. The third-order valence-electron chi connectivity index (χ3n) is 4.51. The lowest BCUT2D eigenvalue weighted by Crippen LogP contribution is -2.50. The lowest BCUT2D eigenvalue weighted by molar-refractivity contribution is -0.139. The van der Waals surface area contributed by atoms with Gasteiger partial charge in [0.1, 0.15) is 18.4 Å². The first kappa shape index (κ1) is 23.8. The number of anilines is 1. The zero-order valence-electron chi connectivity index (χ0n) is 16.8. The van der Waals surface area contributed by atoms with Crippen LogP contribution in [0.15, 0.2) is 53.0 Å². The van der Waals surface area contributed by atoms with Crippen LogP contribution < -0.4 is 9.62 Å². The van der Waals surface area contributed by atoms with Crippen LogP contribution >= 0.6 is 15.9 Å². The van der Waals surface area contributed by atoms with E-state index in [9.17, 15) is 22.4 Å². The maximum Gasteiger partial charge on any atom is 0.244 e. The number of hydrogen-bond donors (Lipinski definition) is 1. The molecular formula is C20H23BrFN3O4S.